The summed E-state index contributed by atoms with van der Waals surface area (Å²) < 4.78 is 14.9. The summed E-state index contributed by atoms with van der Waals surface area (Å²) in [6.45, 7) is 2.67. The Balaban J connectivity index is 1.83. The summed E-state index contributed by atoms with van der Waals surface area (Å²) in [5, 5.41) is 4.64. The molecule has 0 bridgehead atoms. The zero-order chi connectivity index (χ0) is 17.4. The van der Waals surface area contributed by atoms with Crippen LogP contribution in [0.15, 0.2) is 54.6 Å². The molecule has 2 heterocycles. The molecule has 0 saturated heterocycles. The number of rotatable bonds is 3. The van der Waals surface area contributed by atoms with Crippen molar-refractivity contribution in [3.8, 4) is 5.69 Å². The summed E-state index contributed by atoms with van der Waals surface area (Å²) in [6, 6.07) is 15.7. The fourth-order valence-corrected chi connectivity index (χ4v) is 3.34. The molecule has 0 aliphatic carbocycles. The zero-order valence-corrected chi connectivity index (χ0v) is 13.9. The van der Waals surface area contributed by atoms with Crippen LogP contribution in [0.4, 0.5) is 10.1 Å². The van der Waals surface area contributed by atoms with E-state index in [1.54, 1.807) is 21.7 Å². The Morgan fingerprint density at radius 3 is 2.44 bits per heavy atom. The van der Waals surface area contributed by atoms with E-state index in [0.29, 0.717) is 17.9 Å². The van der Waals surface area contributed by atoms with Crippen molar-refractivity contribution >= 4 is 11.6 Å². The van der Waals surface area contributed by atoms with Gasteiger partial charge in [0, 0.05) is 17.8 Å². The molecular weight excluding hydrogens is 317 g/mol. The highest BCUT2D eigenvalue weighted by atomic mass is 19.1. The van der Waals surface area contributed by atoms with Crippen LogP contribution in [-0.2, 0) is 12.8 Å². The van der Waals surface area contributed by atoms with E-state index in [0.717, 1.165) is 29.8 Å². The molecule has 5 heteroatoms. The Kier molecular flexibility index (Phi) is 3.84. The third kappa shape index (κ3) is 2.61. The van der Waals surface area contributed by atoms with Crippen LogP contribution in [0.2, 0.25) is 0 Å². The van der Waals surface area contributed by atoms with E-state index in [2.05, 4.69) is 5.10 Å². The van der Waals surface area contributed by atoms with Gasteiger partial charge in [0.25, 0.3) is 5.91 Å². The molecule has 0 fully saturated rings. The van der Waals surface area contributed by atoms with Crippen LogP contribution >= 0.6 is 0 Å². The van der Waals surface area contributed by atoms with Crippen LogP contribution in [0, 0.1) is 5.82 Å². The van der Waals surface area contributed by atoms with Gasteiger partial charge in [0.2, 0.25) is 0 Å². The largest absolute Gasteiger partial charge is 0.307 e. The second kappa shape index (κ2) is 6.16. The lowest BCUT2D eigenvalue weighted by Gasteiger charge is -2.27. The molecule has 0 N–H and O–H groups in total. The molecule has 3 aromatic rings. The number of carbonyl (C=O) groups is 1. The quantitative estimate of drug-likeness (QED) is 0.731. The molecule has 1 aliphatic heterocycles. The van der Waals surface area contributed by atoms with E-state index in [1.165, 1.54) is 12.1 Å². The smallest absolute Gasteiger partial charge is 0.277 e. The molecule has 4 nitrogen and oxygen atoms in total. The van der Waals surface area contributed by atoms with Crippen molar-refractivity contribution in [2.75, 3.05) is 11.4 Å². The van der Waals surface area contributed by atoms with Crippen molar-refractivity contribution in [1.29, 1.82) is 0 Å². The Labute approximate surface area is 145 Å². The van der Waals surface area contributed by atoms with Gasteiger partial charge in [-0.25, -0.2) is 9.07 Å². The third-order valence-electron chi connectivity index (χ3n) is 4.57. The van der Waals surface area contributed by atoms with Gasteiger partial charge in [-0.1, -0.05) is 25.1 Å². The Hall–Kier alpha value is -2.95. The zero-order valence-electron chi connectivity index (χ0n) is 13.9. The number of benzene rings is 2. The molecule has 0 saturated carbocycles. The number of carbonyl (C=O) groups excluding carboxylic acids is 1. The fraction of sp³-hybridized carbons (Fsp3) is 0.200. The first-order chi connectivity index (χ1) is 12.2. The molecule has 2 aromatic carbocycles. The first kappa shape index (κ1) is 15.6. The normalized spacial score (nSPS) is 13.8. The average Bonchev–Trinajstić information content (AvgIpc) is 3.03. The van der Waals surface area contributed by atoms with Gasteiger partial charge in [-0.2, -0.15) is 5.10 Å². The summed E-state index contributed by atoms with van der Waals surface area (Å²) in [7, 11) is 0. The van der Waals surface area contributed by atoms with Gasteiger partial charge in [0.15, 0.2) is 0 Å². The highest BCUT2D eigenvalue weighted by Crippen LogP contribution is 2.28. The Morgan fingerprint density at radius 1 is 1.04 bits per heavy atom. The lowest BCUT2D eigenvalue weighted by atomic mass is 10.0. The minimum atomic E-state index is -0.308. The molecule has 0 spiro atoms. The van der Waals surface area contributed by atoms with Crippen molar-refractivity contribution in [2.24, 2.45) is 0 Å². The number of fused-ring (bicyclic) bond motifs is 1. The third-order valence-corrected chi connectivity index (χ3v) is 4.57. The van der Waals surface area contributed by atoms with Crippen molar-refractivity contribution in [2.45, 2.75) is 19.8 Å². The Bertz CT molecular complexity index is 916. The molecule has 1 aliphatic rings. The van der Waals surface area contributed by atoms with E-state index >= 15 is 0 Å². The average molecular weight is 335 g/mol. The van der Waals surface area contributed by atoms with Crippen LogP contribution in [0.3, 0.4) is 0 Å². The van der Waals surface area contributed by atoms with E-state index in [1.807, 2.05) is 37.3 Å². The molecular formula is C20H18FN3O. The number of halogens is 1. The number of aryl methyl sites for hydroxylation is 1. The number of para-hydroxylation sites is 1. The van der Waals surface area contributed by atoms with Crippen molar-refractivity contribution in [3.63, 3.8) is 0 Å². The van der Waals surface area contributed by atoms with E-state index < -0.39 is 0 Å². The summed E-state index contributed by atoms with van der Waals surface area (Å²) in [5.41, 5.74) is 4.09. The first-order valence-corrected chi connectivity index (χ1v) is 8.42. The number of hydrogen-bond acceptors (Lipinski definition) is 2. The standard InChI is InChI=1S/C20H18FN3O/c1-2-18-17-12-13-23(15-6-4-3-5-7-15)20(25)19(17)24(22-18)16-10-8-14(21)9-11-16/h3-11H,2,12-13H2,1H3. The summed E-state index contributed by atoms with van der Waals surface area (Å²) in [4.78, 5) is 15.0. The van der Waals surface area contributed by atoms with Gasteiger partial charge >= 0.3 is 0 Å². The monoisotopic (exact) mass is 335 g/mol. The van der Waals surface area contributed by atoms with Crippen LogP contribution in [0.5, 0.6) is 0 Å². The van der Waals surface area contributed by atoms with Crippen molar-refractivity contribution in [1.82, 2.24) is 9.78 Å². The second-order valence-electron chi connectivity index (χ2n) is 6.06. The van der Waals surface area contributed by atoms with E-state index in [-0.39, 0.29) is 11.7 Å². The van der Waals surface area contributed by atoms with Gasteiger partial charge in [-0.3, -0.25) is 4.79 Å². The van der Waals surface area contributed by atoms with Crippen LogP contribution in [0.25, 0.3) is 5.69 Å². The van der Waals surface area contributed by atoms with Crippen molar-refractivity contribution < 1.29 is 9.18 Å². The second-order valence-corrected chi connectivity index (χ2v) is 6.06. The van der Waals surface area contributed by atoms with Gasteiger partial charge in [-0.15, -0.1) is 0 Å². The van der Waals surface area contributed by atoms with Gasteiger partial charge in [-0.05, 0) is 49.2 Å². The molecule has 126 valence electrons. The highest BCUT2D eigenvalue weighted by molar-refractivity contribution is 6.07. The number of anilines is 1. The molecule has 4 rings (SSSR count). The fourth-order valence-electron chi connectivity index (χ4n) is 3.34. The molecule has 25 heavy (non-hydrogen) atoms. The maximum absolute atomic E-state index is 13.3. The number of hydrogen-bond donors (Lipinski definition) is 0. The predicted molar refractivity (Wildman–Crippen MR) is 94.7 cm³/mol. The first-order valence-electron chi connectivity index (χ1n) is 8.42. The minimum Gasteiger partial charge on any atom is -0.307 e. The van der Waals surface area contributed by atoms with Crippen LogP contribution in [0.1, 0.15) is 28.7 Å². The van der Waals surface area contributed by atoms with E-state index in [9.17, 15) is 9.18 Å². The summed E-state index contributed by atoms with van der Waals surface area (Å²) in [6.07, 6.45) is 1.52. The lowest BCUT2D eigenvalue weighted by Crippen LogP contribution is -2.38. The maximum Gasteiger partial charge on any atom is 0.277 e. The number of amides is 1. The number of nitrogens with zero attached hydrogens (tertiary/aromatic N) is 3. The van der Waals surface area contributed by atoms with Crippen LogP contribution < -0.4 is 4.90 Å². The predicted octanol–water partition coefficient (Wildman–Crippen LogP) is 3.78. The van der Waals surface area contributed by atoms with Gasteiger partial charge in [0.05, 0.1) is 11.4 Å². The van der Waals surface area contributed by atoms with E-state index in [4.69, 9.17) is 0 Å². The molecule has 1 aromatic heterocycles. The maximum atomic E-state index is 13.3. The molecule has 0 atom stereocenters. The van der Waals surface area contributed by atoms with Gasteiger partial charge in [0.1, 0.15) is 11.5 Å². The highest BCUT2D eigenvalue weighted by Gasteiger charge is 2.32. The summed E-state index contributed by atoms with van der Waals surface area (Å²) in [5.74, 6) is -0.373. The number of aromatic nitrogens is 2. The van der Waals surface area contributed by atoms with Gasteiger partial charge < -0.3 is 4.90 Å². The SMILES string of the molecule is CCc1nn(-c2ccc(F)cc2)c2c1CCN(c1ccccc1)C2=O. The lowest BCUT2D eigenvalue weighted by molar-refractivity contribution is 0.0973. The molecule has 0 unspecified atom stereocenters. The summed E-state index contributed by atoms with van der Waals surface area (Å²) >= 11 is 0. The van der Waals surface area contributed by atoms with Crippen molar-refractivity contribution in [3.05, 3.63) is 77.4 Å². The topological polar surface area (TPSA) is 38.1 Å². The minimum absolute atomic E-state index is 0.0658. The molecule has 1 amide bonds. The molecule has 0 radical (unpaired) electrons. The Morgan fingerprint density at radius 2 is 1.76 bits per heavy atom. The van der Waals surface area contributed by atoms with Crippen LogP contribution in [-0.4, -0.2) is 22.2 Å².